The highest BCUT2D eigenvalue weighted by Crippen LogP contribution is 2.31. The Labute approximate surface area is 126 Å². The van der Waals surface area contributed by atoms with Crippen molar-refractivity contribution in [1.82, 2.24) is 4.98 Å². The van der Waals surface area contributed by atoms with Crippen LogP contribution in [0.15, 0.2) is 18.3 Å². The van der Waals surface area contributed by atoms with Gasteiger partial charge in [0.15, 0.2) is 0 Å². The highest BCUT2D eigenvalue weighted by Gasteiger charge is 2.38. The lowest BCUT2D eigenvalue weighted by atomic mass is 9.93. The molecule has 2 rings (SSSR count). The number of carbonyl (C=O) groups excluding carboxylic acids is 1. The summed E-state index contributed by atoms with van der Waals surface area (Å²) >= 11 is 0. The standard InChI is InChI=1S/C16H24N2O3/c1-3-21-14-9-8-13(12-17-14)18-15(19)16(20-2)10-6-4-5-7-11-16/h8-9,12H,3-7,10-11H2,1-2H3,(H,18,19). The number of methoxy groups -OCH3 is 1. The fraction of sp³-hybridized carbons (Fsp3) is 0.625. The quantitative estimate of drug-likeness (QED) is 0.847. The average Bonchev–Trinajstić information content (AvgIpc) is 2.76. The molecule has 0 radical (unpaired) electrons. The smallest absolute Gasteiger partial charge is 0.256 e. The van der Waals surface area contributed by atoms with Crippen LogP contribution in [0.1, 0.15) is 45.4 Å². The van der Waals surface area contributed by atoms with Gasteiger partial charge in [-0.05, 0) is 25.8 Å². The van der Waals surface area contributed by atoms with Gasteiger partial charge in [0.25, 0.3) is 5.91 Å². The van der Waals surface area contributed by atoms with Gasteiger partial charge in [-0.1, -0.05) is 25.7 Å². The Bertz CT molecular complexity index is 451. The van der Waals surface area contributed by atoms with Crippen LogP contribution in [0.3, 0.4) is 0 Å². The molecule has 1 fully saturated rings. The summed E-state index contributed by atoms with van der Waals surface area (Å²) in [6, 6.07) is 3.56. The summed E-state index contributed by atoms with van der Waals surface area (Å²) in [5, 5.41) is 2.92. The van der Waals surface area contributed by atoms with E-state index < -0.39 is 5.60 Å². The minimum absolute atomic E-state index is 0.0714. The molecule has 5 heteroatoms. The van der Waals surface area contributed by atoms with Crippen LogP contribution in [0.4, 0.5) is 5.69 Å². The molecule has 1 heterocycles. The van der Waals surface area contributed by atoms with Gasteiger partial charge in [0, 0.05) is 13.2 Å². The fourth-order valence-electron chi connectivity index (χ4n) is 2.76. The zero-order valence-electron chi connectivity index (χ0n) is 12.9. The van der Waals surface area contributed by atoms with Crippen LogP contribution in [0.25, 0.3) is 0 Å². The third-order valence-corrected chi connectivity index (χ3v) is 4.00. The molecule has 0 spiro atoms. The van der Waals surface area contributed by atoms with Crippen LogP contribution in [0.5, 0.6) is 5.88 Å². The molecule has 0 bridgehead atoms. The second kappa shape index (κ2) is 7.41. The second-order valence-electron chi connectivity index (χ2n) is 5.38. The average molecular weight is 292 g/mol. The van der Waals surface area contributed by atoms with Crippen molar-refractivity contribution in [2.24, 2.45) is 0 Å². The number of nitrogens with one attached hydrogen (secondary N) is 1. The van der Waals surface area contributed by atoms with E-state index in [9.17, 15) is 4.79 Å². The van der Waals surface area contributed by atoms with Gasteiger partial charge in [0.1, 0.15) is 5.60 Å². The first-order valence-corrected chi connectivity index (χ1v) is 7.65. The van der Waals surface area contributed by atoms with E-state index >= 15 is 0 Å². The van der Waals surface area contributed by atoms with E-state index in [2.05, 4.69) is 10.3 Å². The summed E-state index contributed by atoms with van der Waals surface area (Å²) < 4.78 is 10.9. The SMILES string of the molecule is CCOc1ccc(NC(=O)C2(OC)CCCCCC2)cn1. The van der Waals surface area contributed by atoms with Crippen molar-refractivity contribution in [2.75, 3.05) is 19.0 Å². The number of anilines is 1. The van der Waals surface area contributed by atoms with Gasteiger partial charge in [-0.15, -0.1) is 0 Å². The lowest BCUT2D eigenvalue weighted by Crippen LogP contribution is -2.44. The van der Waals surface area contributed by atoms with Crippen LogP contribution in [-0.2, 0) is 9.53 Å². The number of carbonyl (C=O) groups is 1. The normalized spacial score (nSPS) is 17.8. The van der Waals surface area contributed by atoms with Gasteiger partial charge in [0.05, 0.1) is 18.5 Å². The Morgan fingerprint density at radius 2 is 2.00 bits per heavy atom. The first-order valence-electron chi connectivity index (χ1n) is 7.65. The molecule has 0 saturated heterocycles. The lowest BCUT2D eigenvalue weighted by molar-refractivity contribution is -0.139. The van der Waals surface area contributed by atoms with Crippen LogP contribution >= 0.6 is 0 Å². The van der Waals surface area contributed by atoms with Gasteiger partial charge in [-0.3, -0.25) is 4.79 Å². The van der Waals surface area contributed by atoms with E-state index in [1.54, 1.807) is 25.4 Å². The van der Waals surface area contributed by atoms with E-state index in [4.69, 9.17) is 9.47 Å². The summed E-state index contributed by atoms with van der Waals surface area (Å²) in [4.78, 5) is 16.7. The van der Waals surface area contributed by atoms with Crippen molar-refractivity contribution in [3.05, 3.63) is 18.3 Å². The van der Waals surface area contributed by atoms with Crippen LogP contribution in [0.2, 0.25) is 0 Å². The Morgan fingerprint density at radius 1 is 1.29 bits per heavy atom. The van der Waals surface area contributed by atoms with Gasteiger partial charge in [-0.2, -0.15) is 0 Å². The number of pyridine rings is 1. The number of rotatable bonds is 5. The first kappa shape index (κ1) is 15.8. The number of hydrogen-bond acceptors (Lipinski definition) is 4. The third kappa shape index (κ3) is 3.94. The molecule has 116 valence electrons. The monoisotopic (exact) mass is 292 g/mol. The molecule has 1 aromatic heterocycles. The molecule has 0 aromatic carbocycles. The van der Waals surface area contributed by atoms with E-state index in [-0.39, 0.29) is 5.91 Å². The van der Waals surface area contributed by atoms with Gasteiger partial charge in [0.2, 0.25) is 5.88 Å². The maximum atomic E-state index is 12.6. The Kier molecular flexibility index (Phi) is 5.56. The molecule has 1 aliphatic rings. The highest BCUT2D eigenvalue weighted by atomic mass is 16.5. The predicted octanol–water partition coefficient (Wildman–Crippen LogP) is 3.16. The minimum atomic E-state index is -0.699. The van der Waals surface area contributed by atoms with E-state index in [1.807, 2.05) is 6.92 Å². The predicted molar refractivity (Wildman–Crippen MR) is 81.5 cm³/mol. The van der Waals surface area contributed by atoms with Gasteiger partial charge < -0.3 is 14.8 Å². The fourth-order valence-corrected chi connectivity index (χ4v) is 2.76. The second-order valence-corrected chi connectivity index (χ2v) is 5.38. The molecule has 0 unspecified atom stereocenters. The van der Waals surface area contributed by atoms with Crippen molar-refractivity contribution in [3.63, 3.8) is 0 Å². The number of amides is 1. The molecule has 0 aliphatic heterocycles. The summed E-state index contributed by atoms with van der Waals surface area (Å²) in [5.41, 5.74) is -0.0288. The maximum Gasteiger partial charge on any atom is 0.256 e. The van der Waals surface area contributed by atoms with Crippen molar-refractivity contribution in [3.8, 4) is 5.88 Å². The Hall–Kier alpha value is -1.62. The van der Waals surface area contributed by atoms with E-state index in [0.29, 0.717) is 18.2 Å². The molecule has 1 amide bonds. The zero-order valence-corrected chi connectivity index (χ0v) is 12.9. The molecule has 1 saturated carbocycles. The molecule has 21 heavy (non-hydrogen) atoms. The first-order chi connectivity index (χ1) is 10.2. The molecule has 1 N–H and O–H groups in total. The minimum Gasteiger partial charge on any atom is -0.478 e. The van der Waals surface area contributed by atoms with Crippen molar-refractivity contribution < 1.29 is 14.3 Å². The summed E-state index contributed by atoms with van der Waals surface area (Å²) in [7, 11) is 1.63. The highest BCUT2D eigenvalue weighted by molar-refractivity contribution is 5.97. The molecule has 1 aliphatic carbocycles. The van der Waals surface area contributed by atoms with E-state index in [0.717, 1.165) is 25.7 Å². The van der Waals surface area contributed by atoms with Crippen LogP contribution in [0, 0.1) is 0 Å². The summed E-state index contributed by atoms with van der Waals surface area (Å²) in [5.74, 6) is 0.490. The van der Waals surface area contributed by atoms with Crippen LogP contribution < -0.4 is 10.1 Å². The molecule has 1 aromatic rings. The number of hydrogen-bond donors (Lipinski definition) is 1. The Balaban J connectivity index is 2.04. The summed E-state index contributed by atoms with van der Waals surface area (Å²) in [6.45, 7) is 2.48. The number of ether oxygens (including phenoxy) is 2. The largest absolute Gasteiger partial charge is 0.478 e. The van der Waals surface area contributed by atoms with Gasteiger partial charge in [-0.25, -0.2) is 4.98 Å². The van der Waals surface area contributed by atoms with E-state index in [1.165, 1.54) is 12.8 Å². The Morgan fingerprint density at radius 3 is 2.52 bits per heavy atom. The molecule has 5 nitrogen and oxygen atoms in total. The molecule has 0 atom stereocenters. The van der Waals surface area contributed by atoms with Gasteiger partial charge >= 0.3 is 0 Å². The van der Waals surface area contributed by atoms with Crippen molar-refractivity contribution in [2.45, 2.75) is 51.0 Å². The number of nitrogens with zero attached hydrogens (tertiary/aromatic N) is 1. The van der Waals surface area contributed by atoms with Crippen molar-refractivity contribution >= 4 is 11.6 Å². The molecular formula is C16H24N2O3. The third-order valence-electron chi connectivity index (χ3n) is 4.00. The van der Waals surface area contributed by atoms with Crippen molar-refractivity contribution in [1.29, 1.82) is 0 Å². The number of aromatic nitrogens is 1. The molecular weight excluding hydrogens is 268 g/mol. The van der Waals surface area contributed by atoms with Crippen LogP contribution in [-0.4, -0.2) is 30.2 Å². The topological polar surface area (TPSA) is 60.5 Å². The maximum absolute atomic E-state index is 12.6. The zero-order chi connectivity index (χ0) is 15.1. The summed E-state index contributed by atoms with van der Waals surface area (Å²) in [6.07, 6.45) is 7.57. The lowest BCUT2D eigenvalue weighted by Gasteiger charge is -2.29.